The van der Waals surface area contributed by atoms with Gasteiger partial charge in [-0.05, 0) is 39.3 Å². The lowest BCUT2D eigenvalue weighted by Crippen LogP contribution is -2.40. The molecule has 8 heteroatoms. The Bertz CT molecular complexity index is 819. The van der Waals surface area contributed by atoms with Gasteiger partial charge in [-0.1, -0.05) is 90.4 Å². The molecule has 0 aromatic heterocycles. The van der Waals surface area contributed by atoms with Crippen LogP contribution in [0.25, 0.3) is 0 Å². The maximum Gasteiger partial charge on any atom is 0.312 e. The summed E-state index contributed by atoms with van der Waals surface area (Å²) in [5, 5.41) is 11.5. The predicted molar refractivity (Wildman–Crippen MR) is 139 cm³/mol. The van der Waals surface area contributed by atoms with E-state index >= 15 is 0 Å². The second-order valence-electron chi connectivity index (χ2n) is 10.2. The number of nitrogens with zero attached hydrogens (tertiary/aromatic N) is 1. The molecule has 0 spiro atoms. The number of nitro groups is 1. The molecule has 1 N–H and O–H groups in total. The van der Waals surface area contributed by atoms with Crippen molar-refractivity contribution in [2.75, 3.05) is 6.61 Å². The lowest BCUT2D eigenvalue weighted by atomic mass is 10.0. The molecule has 0 aliphatic carbocycles. The van der Waals surface area contributed by atoms with Gasteiger partial charge in [0.2, 0.25) is 10.0 Å². The van der Waals surface area contributed by atoms with E-state index in [9.17, 15) is 18.5 Å². The van der Waals surface area contributed by atoms with E-state index < -0.39 is 20.5 Å². The molecule has 0 saturated carbocycles. The monoisotopic (exact) mass is 498 g/mol. The Hall–Kier alpha value is -1.67. The molecular weight excluding hydrogens is 452 g/mol. The molecule has 0 fully saturated rings. The van der Waals surface area contributed by atoms with E-state index in [1.165, 1.54) is 82.8 Å². The highest BCUT2D eigenvalue weighted by atomic mass is 32.2. The minimum Gasteiger partial charge on any atom is -0.487 e. The number of ether oxygens (including phenoxy) is 1. The number of unbranched alkanes of at least 4 members (excludes halogenated alkanes) is 13. The van der Waals surface area contributed by atoms with Crippen molar-refractivity contribution in [3.05, 3.63) is 28.3 Å². The predicted octanol–water partition coefficient (Wildman–Crippen LogP) is 7.53. The van der Waals surface area contributed by atoms with Crippen LogP contribution in [0, 0.1) is 10.1 Å². The molecule has 196 valence electrons. The summed E-state index contributed by atoms with van der Waals surface area (Å²) in [4.78, 5) is 10.7. The van der Waals surface area contributed by atoms with Crippen LogP contribution in [-0.2, 0) is 10.0 Å². The van der Waals surface area contributed by atoms with Crippen LogP contribution in [-0.4, -0.2) is 25.5 Å². The van der Waals surface area contributed by atoms with Crippen molar-refractivity contribution in [1.29, 1.82) is 0 Å². The van der Waals surface area contributed by atoms with Crippen molar-refractivity contribution >= 4 is 15.7 Å². The summed E-state index contributed by atoms with van der Waals surface area (Å²) in [5.74, 6) is 0.106. The molecule has 0 aliphatic rings. The number of hydrogen-bond acceptors (Lipinski definition) is 5. The van der Waals surface area contributed by atoms with Crippen molar-refractivity contribution in [2.45, 2.75) is 128 Å². The van der Waals surface area contributed by atoms with Crippen LogP contribution < -0.4 is 9.46 Å². The zero-order chi connectivity index (χ0) is 25.5. The topological polar surface area (TPSA) is 98.5 Å². The smallest absolute Gasteiger partial charge is 0.312 e. The Morgan fingerprint density at radius 1 is 0.853 bits per heavy atom. The summed E-state index contributed by atoms with van der Waals surface area (Å²) >= 11 is 0. The van der Waals surface area contributed by atoms with E-state index in [-0.39, 0.29) is 16.3 Å². The zero-order valence-corrected chi connectivity index (χ0v) is 22.6. The number of sulfonamides is 1. The van der Waals surface area contributed by atoms with Crippen molar-refractivity contribution in [1.82, 2.24) is 4.72 Å². The molecule has 1 rings (SSSR count). The first-order valence-corrected chi connectivity index (χ1v) is 14.5. The molecule has 0 amide bonds. The number of benzene rings is 1. The summed E-state index contributed by atoms with van der Waals surface area (Å²) in [5.41, 5.74) is -1.02. The minimum atomic E-state index is -3.85. The first kappa shape index (κ1) is 30.4. The third-order valence-electron chi connectivity index (χ3n) is 5.63. The summed E-state index contributed by atoms with van der Waals surface area (Å²) in [6.45, 7) is 7.78. The largest absolute Gasteiger partial charge is 0.487 e. The fraction of sp³-hybridized carbons (Fsp3) is 0.769. The summed E-state index contributed by atoms with van der Waals surface area (Å²) in [6.07, 6.45) is 17.6. The molecule has 0 bridgehead atoms. The van der Waals surface area contributed by atoms with Gasteiger partial charge in [0, 0.05) is 11.6 Å². The van der Waals surface area contributed by atoms with Gasteiger partial charge in [-0.15, -0.1) is 0 Å². The fourth-order valence-corrected chi connectivity index (χ4v) is 5.31. The van der Waals surface area contributed by atoms with Gasteiger partial charge in [-0.2, -0.15) is 0 Å². The SMILES string of the molecule is CCCCCCCCCCCCCCCCOc1ccc(S(=O)(=O)NC(C)(C)C)cc1[N+](=O)[O-]. The standard InChI is InChI=1S/C26H46N2O5S/c1-5-6-7-8-9-10-11-12-13-14-15-16-17-18-21-33-25-20-19-23(22-24(25)28(29)30)34(31,32)27-26(2,3)4/h19-20,22,27H,5-18,21H2,1-4H3. The third kappa shape index (κ3) is 13.3. The van der Waals surface area contributed by atoms with Crippen LogP contribution in [0.4, 0.5) is 5.69 Å². The van der Waals surface area contributed by atoms with Gasteiger partial charge in [0.25, 0.3) is 0 Å². The van der Waals surface area contributed by atoms with Gasteiger partial charge in [0.1, 0.15) is 0 Å². The Morgan fingerprint density at radius 2 is 1.32 bits per heavy atom. The lowest BCUT2D eigenvalue weighted by Gasteiger charge is -2.20. The van der Waals surface area contributed by atoms with Gasteiger partial charge in [-0.3, -0.25) is 10.1 Å². The summed E-state index contributed by atoms with van der Waals surface area (Å²) in [6, 6.07) is 3.79. The second-order valence-corrected chi connectivity index (χ2v) is 11.9. The van der Waals surface area contributed by atoms with Crippen LogP contribution in [0.1, 0.15) is 118 Å². The Balaban J connectivity index is 2.27. The van der Waals surface area contributed by atoms with Crippen molar-refractivity contribution in [3.8, 4) is 5.75 Å². The number of hydrogen-bond donors (Lipinski definition) is 1. The first-order valence-electron chi connectivity index (χ1n) is 13.0. The van der Waals surface area contributed by atoms with E-state index in [0.717, 1.165) is 25.3 Å². The maximum atomic E-state index is 12.5. The molecular formula is C26H46N2O5S. The van der Waals surface area contributed by atoms with Crippen LogP contribution in [0.5, 0.6) is 5.75 Å². The van der Waals surface area contributed by atoms with E-state index in [1.54, 1.807) is 20.8 Å². The zero-order valence-electron chi connectivity index (χ0n) is 21.7. The molecule has 7 nitrogen and oxygen atoms in total. The van der Waals surface area contributed by atoms with Crippen molar-refractivity contribution in [2.24, 2.45) is 0 Å². The first-order chi connectivity index (χ1) is 16.1. The van der Waals surface area contributed by atoms with E-state index in [4.69, 9.17) is 4.74 Å². The van der Waals surface area contributed by atoms with Crippen LogP contribution >= 0.6 is 0 Å². The highest BCUT2D eigenvalue weighted by molar-refractivity contribution is 7.89. The number of rotatable bonds is 19. The molecule has 34 heavy (non-hydrogen) atoms. The van der Waals surface area contributed by atoms with Gasteiger partial charge in [-0.25, -0.2) is 13.1 Å². The average molecular weight is 499 g/mol. The molecule has 0 aliphatic heterocycles. The van der Waals surface area contributed by atoms with Crippen LogP contribution in [0.15, 0.2) is 23.1 Å². The number of nitrogens with one attached hydrogen (secondary N) is 1. The molecule has 0 saturated heterocycles. The van der Waals surface area contributed by atoms with Gasteiger partial charge < -0.3 is 4.74 Å². The van der Waals surface area contributed by atoms with E-state index in [1.807, 2.05) is 0 Å². The van der Waals surface area contributed by atoms with Crippen molar-refractivity contribution < 1.29 is 18.1 Å². The minimum absolute atomic E-state index is 0.106. The van der Waals surface area contributed by atoms with E-state index in [0.29, 0.717) is 6.61 Å². The molecule has 0 heterocycles. The Labute approximate surface area is 207 Å². The summed E-state index contributed by atoms with van der Waals surface area (Å²) < 4.78 is 33.1. The average Bonchev–Trinajstić information content (AvgIpc) is 2.74. The Kier molecular flexibility index (Phi) is 14.4. The highest BCUT2D eigenvalue weighted by Gasteiger charge is 2.26. The molecule has 1 aromatic carbocycles. The normalized spacial score (nSPS) is 12.1. The van der Waals surface area contributed by atoms with Crippen LogP contribution in [0.3, 0.4) is 0 Å². The summed E-state index contributed by atoms with van der Waals surface area (Å²) in [7, 11) is -3.85. The fourth-order valence-electron chi connectivity index (χ4n) is 3.87. The second kappa shape index (κ2) is 16.1. The van der Waals surface area contributed by atoms with Gasteiger partial charge in [0.05, 0.1) is 16.4 Å². The molecule has 0 radical (unpaired) electrons. The molecule has 0 atom stereocenters. The van der Waals surface area contributed by atoms with E-state index in [2.05, 4.69) is 11.6 Å². The quantitative estimate of drug-likeness (QED) is 0.121. The third-order valence-corrected chi connectivity index (χ3v) is 7.39. The highest BCUT2D eigenvalue weighted by Crippen LogP contribution is 2.30. The molecule has 1 aromatic rings. The van der Waals surface area contributed by atoms with Gasteiger partial charge >= 0.3 is 5.69 Å². The molecule has 0 unspecified atom stereocenters. The Morgan fingerprint density at radius 3 is 1.76 bits per heavy atom. The number of nitro benzene ring substituents is 1. The maximum absolute atomic E-state index is 12.5. The van der Waals surface area contributed by atoms with Crippen molar-refractivity contribution in [3.63, 3.8) is 0 Å². The van der Waals surface area contributed by atoms with Crippen LogP contribution in [0.2, 0.25) is 0 Å². The lowest BCUT2D eigenvalue weighted by molar-refractivity contribution is -0.386. The van der Waals surface area contributed by atoms with Gasteiger partial charge in [0.15, 0.2) is 5.75 Å².